The molecule has 0 aromatic heterocycles. The Morgan fingerprint density at radius 1 is 1.05 bits per heavy atom. The fraction of sp³-hybridized carbons (Fsp3) is 0.192. The van der Waals surface area contributed by atoms with Crippen LogP contribution in [0.5, 0.6) is 0 Å². The maximum absolute atomic E-state index is 12.6. The summed E-state index contributed by atoms with van der Waals surface area (Å²) < 4.78 is 10.3. The molecule has 2 N–H and O–H groups in total. The molecule has 38 heavy (non-hydrogen) atoms. The molecule has 0 saturated heterocycles. The molecule has 12 heteroatoms. The first-order chi connectivity index (χ1) is 18.3. The number of benzene rings is 3. The van der Waals surface area contributed by atoms with Gasteiger partial charge in [-0.25, -0.2) is 14.4 Å². The number of alkyl carbamates (subject to hydrolysis) is 1. The van der Waals surface area contributed by atoms with Crippen LogP contribution in [0.4, 0.5) is 10.5 Å². The number of hydrogen-bond acceptors (Lipinski definition) is 9. The van der Waals surface area contributed by atoms with E-state index < -0.39 is 40.2 Å². The number of ether oxygens (including phenoxy) is 2. The standard InChI is InChI=1S/C26H22N2O8S2/c1-35-25(31)22(14-37-38-15-10-11-23(28(33)34)20(12-15)24(29)30)27-26(32)36-13-21-18-8-4-2-6-16(18)17-7-3-5-9-19(17)21/h2-12,21-22H,13-14H2,1H3,(H,27,32)(H,29,30)/t22-/m0/s1. The molecule has 1 atom stereocenters. The highest BCUT2D eigenvalue weighted by Crippen LogP contribution is 2.44. The van der Waals surface area contributed by atoms with Gasteiger partial charge in [-0.3, -0.25) is 10.1 Å². The number of carbonyl (C=O) groups excluding carboxylic acids is 2. The second kappa shape index (κ2) is 12.0. The highest BCUT2D eigenvalue weighted by Gasteiger charge is 2.30. The minimum Gasteiger partial charge on any atom is -0.477 e. The zero-order valence-corrected chi connectivity index (χ0v) is 21.6. The molecule has 0 fully saturated rings. The van der Waals surface area contributed by atoms with Crippen molar-refractivity contribution in [2.24, 2.45) is 0 Å². The molecule has 0 spiro atoms. The lowest BCUT2D eigenvalue weighted by Crippen LogP contribution is -2.43. The van der Waals surface area contributed by atoms with Crippen molar-refractivity contribution in [2.45, 2.75) is 16.9 Å². The normalized spacial score (nSPS) is 12.7. The maximum Gasteiger partial charge on any atom is 0.407 e. The lowest BCUT2D eigenvalue weighted by atomic mass is 9.98. The highest BCUT2D eigenvalue weighted by atomic mass is 33.1. The predicted molar refractivity (Wildman–Crippen MR) is 142 cm³/mol. The molecular formula is C26H22N2O8S2. The number of esters is 1. The largest absolute Gasteiger partial charge is 0.477 e. The summed E-state index contributed by atoms with van der Waals surface area (Å²) in [5, 5.41) is 22.8. The van der Waals surface area contributed by atoms with E-state index in [2.05, 4.69) is 5.32 Å². The molecule has 3 aromatic carbocycles. The Bertz CT molecular complexity index is 1350. The van der Waals surface area contributed by atoms with Crippen molar-refractivity contribution in [3.8, 4) is 11.1 Å². The second-order valence-electron chi connectivity index (χ2n) is 8.15. The van der Waals surface area contributed by atoms with Crippen LogP contribution in [0, 0.1) is 10.1 Å². The van der Waals surface area contributed by atoms with Gasteiger partial charge in [0.05, 0.1) is 12.0 Å². The van der Waals surface area contributed by atoms with E-state index in [4.69, 9.17) is 9.47 Å². The summed E-state index contributed by atoms with van der Waals surface area (Å²) in [4.78, 5) is 47.0. The van der Waals surface area contributed by atoms with Crippen molar-refractivity contribution in [3.05, 3.63) is 93.5 Å². The quantitative estimate of drug-likeness (QED) is 0.150. The number of nitrogens with zero attached hydrogens (tertiary/aromatic N) is 1. The number of carbonyl (C=O) groups is 3. The smallest absolute Gasteiger partial charge is 0.407 e. The van der Waals surface area contributed by atoms with E-state index in [0.29, 0.717) is 4.90 Å². The van der Waals surface area contributed by atoms with Crippen LogP contribution in [0.25, 0.3) is 11.1 Å². The number of amides is 1. The topological polar surface area (TPSA) is 145 Å². The molecule has 1 aliphatic rings. The number of nitro benzene ring substituents is 1. The van der Waals surface area contributed by atoms with Crippen molar-refractivity contribution < 1.29 is 33.9 Å². The van der Waals surface area contributed by atoms with Gasteiger partial charge in [-0.05, 0) is 34.4 Å². The van der Waals surface area contributed by atoms with Crippen LogP contribution in [0.1, 0.15) is 27.4 Å². The van der Waals surface area contributed by atoms with Crippen molar-refractivity contribution in [1.82, 2.24) is 5.32 Å². The molecule has 3 aromatic rings. The molecule has 0 heterocycles. The van der Waals surface area contributed by atoms with E-state index in [1.807, 2.05) is 48.5 Å². The molecule has 1 amide bonds. The monoisotopic (exact) mass is 554 g/mol. The molecule has 0 aliphatic heterocycles. The number of carboxylic acid groups (broad SMARTS) is 1. The number of fused-ring (bicyclic) bond motifs is 3. The lowest BCUT2D eigenvalue weighted by Gasteiger charge is -2.18. The van der Waals surface area contributed by atoms with Gasteiger partial charge in [0.2, 0.25) is 0 Å². The van der Waals surface area contributed by atoms with E-state index in [9.17, 15) is 29.6 Å². The first-order valence-electron chi connectivity index (χ1n) is 11.3. The molecule has 10 nitrogen and oxygen atoms in total. The van der Waals surface area contributed by atoms with Crippen LogP contribution in [0.2, 0.25) is 0 Å². The Balaban J connectivity index is 1.36. The van der Waals surface area contributed by atoms with E-state index in [0.717, 1.165) is 49.9 Å². The van der Waals surface area contributed by atoms with Gasteiger partial charge in [0.25, 0.3) is 5.69 Å². The maximum atomic E-state index is 12.6. The minimum atomic E-state index is -1.42. The Morgan fingerprint density at radius 3 is 2.26 bits per heavy atom. The Labute approximate surface area is 225 Å². The third-order valence-corrected chi connectivity index (χ3v) is 8.28. The molecule has 196 valence electrons. The van der Waals surface area contributed by atoms with Crippen LogP contribution in [0.3, 0.4) is 0 Å². The van der Waals surface area contributed by atoms with Gasteiger partial charge in [-0.15, -0.1) is 0 Å². The predicted octanol–water partition coefficient (Wildman–Crippen LogP) is 5.11. The Hall–Kier alpha value is -4.03. The summed E-state index contributed by atoms with van der Waals surface area (Å²) in [5.74, 6) is -2.17. The van der Waals surface area contributed by atoms with Crippen LogP contribution in [-0.2, 0) is 14.3 Å². The SMILES string of the molecule is COC(=O)[C@H](CSSc1ccc([N+](=O)[O-])c(C(=O)O)c1)NC(=O)OCC1c2ccccc2-c2ccccc21. The number of aromatic carboxylic acids is 1. The van der Waals surface area contributed by atoms with E-state index in [1.54, 1.807) is 0 Å². The van der Waals surface area contributed by atoms with Crippen LogP contribution in [0.15, 0.2) is 71.6 Å². The minimum absolute atomic E-state index is 0.0704. The summed E-state index contributed by atoms with van der Waals surface area (Å²) in [6.45, 7) is 0.0798. The van der Waals surface area contributed by atoms with Crippen molar-refractivity contribution in [2.75, 3.05) is 19.5 Å². The molecule has 1 aliphatic carbocycles. The molecule has 4 rings (SSSR count). The third-order valence-electron chi connectivity index (χ3n) is 5.91. The summed E-state index contributed by atoms with van der Waals surface area (Å²) in [7, 11) is 3.44. The van der Waals surface area contributed by atoms with Crippen molar-refractivity contribution >= 4 is 45.3 Å². The van der Waals surface area contributed by atoms with Gasteiger partial charge >= 0.3 is 18.0 Å². The van der Waals surface area contributed by atoms with Gasteiger partial charge in [-0.1, -0.05) is 70.1 Å². The number of nitro groups is 1. The van der Waals surface area contributed by atoms with Gasteiger partial charge in [-0.2, -0.15) is 0 Å². The Kier molecular flexibility index (Phi) is 8.54. The van der Waals surface area contributed by atoms with Gasteiger partial charge in [0.1, 0.15) is 18.2 Å². The fourth-order valence-electron chi connectivity index (χ4n) is 4.16. The number of rotatable bonds is 10. The average molecular weight is 555 g/mol. The highest BCUT2D eigenvalue weighted by molar-refractivity contribution is 8.76. The van der Waals surface area contributed by atoms with Gasteiger partial charge in [0.15, 0.2) is 0 Å². The molecular weight excluding hydrogens is 532 g/mol. The zero-order valence-electron chi connectivity index (χ0n) is 20.0. The number of nitrogens with one attached hydrogen (secondary N) is 1. The first kappa shape index (κ1) is 27.0. The fourth-order valence-corrected chi connectivity index (χ4v) is 6.34. The number of hydrogen-bond donors (Lipinski definition) is 2. The summed E-state index contributed by atoms with van der Waals surface area (Å²) in [6.07, 6.45) is -0.781. The Morgan fingerprint density at radius 2 is 1.68 bits per heavy atom. The van der Waals surface area contributed by atoms with Gasteiger partial charge < -0.3 is 19.9 Å². The number of carboxylic acids is 1. The first-order valence-corrected chi connectivity index (χ1v) is 13.6. The molecule has 0 radical (unpaired) electrons. The average Bonchev–Trinajstić information content (AvgIpc) is 3.24. The second-order valence-corrected chi connectivity index (χ2v) is 10.6. The zero-order chi connectivity index (χ0) is 27.2. The van der Waals surface area contributed by atoms with E-state index in [-0.39, 0.29) is 18.3 Å². The van der Waals surface area contributed by atoms with Crippen molar-refractivity contribution in [1.29, 1.82) is 0 Å². The molecule has 0 unspecified atom stereocenters. The summed E-state index contributed by atoms with van der Waals surface area (Å²) >= 11 is 0. The van der Waals surface area contributed by atoms with Gasteiger partial charge in [0, 0.05) is 22.6 Å². The summed E-state index contributed by atoms with van der Waals surface area (Å²) in [6, 6.07) is 18.5. The van der Waals surface area contributed by atoms with E-state index in [1.165, 1.54) is 19.2 Å². The number of methoxy groups -OCH3 is 1. The van der Waals surface area contributed by atoms with E-state index >= 15 is 0 Å². The summed E-state index contributed by atoms with van der Waals surface area (Å²) in [5.41, 5.74) is 3.34. The van der Waals surface area contributed by atoms with Crippen molar-refractivity contribution in [3.63, 3.8) is 0 Å². The third kappa shape index (κ3) is 5.92. The van der Waals surface area contributed by atoms with Crippen LogP contribution < -0.4 is 5.32 Å². The van der Waals surface area contributed by atoms with Crippen LogP contribution in [-0.4, -0.2) is 53.6 Å². The molecule has 0 bridgehead atoms. The lowest BCUT2D eigenvalue weighted by molar-refractivity contribution is -0.385. The van der Waals surface area contributed by atoms with Crippen LogP contribution >= 0.6 is 21.6 Å². The molecule has 0 saturated carbocycles.